The van der Waals surface area contributed by atoms with Crippen LogP contribution in [0.25, 0.3) is 0 Å². The first-order valence-corrected chi connectivity index (χ1v) is 8.16. The monoisotopic (exact) mass is 343 g/mol. The van der Waals surface area contributed by atoms with Gasteiger partial charge in [0, 0.05) is 12.6 Å². The molecule has 0 spiro atoms. The van der Waals surface area contributed by atoms with Gasteiger partial charge in [0.1, 0.15) is 5.82 Å². The number of benzene rings is 1. The van der Waals surface area contributed by atoms with Crippen LogP contribution in [0.4, 0.5) is 4.39 Å². The molecule has 112 valence electrons. The van der Waals surface area contributed by atoms with Gasteiger partial charge in [0.25, 0.3) is 0 Å². The van der Waals surface area contributed by atoms with E-state index in [2.05, 4.69) is 28.2 Å². The van der Waals surface area contributed by atoms with Crippen molar-refractivity contribution in [2.45, 2.75) is 50.7 Å². The van der Waals surface area contributed by atoms with E-state index < -0.39 is 0 Å². The Morgan fingerprint density at radius 1 is 1.40 bits per heavy atom. The first kappa shape index (κ1) is 15.9. The Balaban J connectivity index is 2.16. The molecule has 4 heteroatoms. The summed E-state index contributed by atoms with van der Waals surface area (Å²) < 4.78 is 20.0. The summed E-state index contributed by atoms with van der Waals surface area (Å²) in [5.41, 5.74) is 1.06. The lowest BCUT2D eigenvalue weighted by molar-refractivity contribution is -0.0597. The fourth-order valence-corrected chi connectivity index (χ4v) is 3.73. The van der Waals surface area contributed by atoms with Crippen LogP contribution in [-0.2, 0) is 11.2 Å². The van der Waals surface area contributed by atoms with Crippen LogP contribution in [0.1, 0.15) is 38.2 Å². The van der Waals surface area contributed by atoms with E-state index in [4.69, 9.17) is 4.74 Å². The third kappa shape index (κ3) is 3.41. The van der Waals surface area contributed by atoms with Crippen LogP contribution in [0, 0.1) is 5.82 Å². The van der Waals surface area contributed by atoms with E-state index >= 15 is 0 Å². The summed E-state index contributed by atoms with van der Waals surface area (Å²) in [7, 11) is 1.99. The van der Waals surface area contributed by atoms with Gasteiger partial charge in [-0.15, -0.1) is 0 Å². The van der Waals surface area contributed by atoms with Gasteiger partial charge in [0.2, 0.25) is 0 Å². The second-order valence-corrected chi connectivity index (χ2v) is 6.35. The molecule has 1 aliphatic carbocycles. The van der Waals surface area contributed by atoms with Gasteiger partial charge >= 0.3 is 0 Å². The highest BCUT2D eigenvalue weighted by atomic mass is 79.9. The number of likely N-dealkylation sites (N-methyl/N-ethyl adjacent to an activating group) is 1. The van der Waals surface area contributed by atoms with Crippen molar-refractivity contribution in [3.8, 4) is 0 Å². The van der Waals surface area contributed by atoms with Crippen LogP contribution < -0.4 is 5.32 Å². The fourth-order valence-electron chi connectivity index (χ4n) is 3.31. The third-order valence-electron chi connectivity index (χ3n) is 4.29. The molecule has 20 heavy (non-hydrogen) atoms. The van der Waals surface area contributed by atoms with E-state index in [0.717, 1.165) is 31.4 Å². The molecule has 1 saturated carbocycles. The Hall–Kier alpha value is -0.450. The Kier molecular flexibility index (Phi) is 5.58. The van der Waals surface area contributed by atoms with E-state index in [0.29, 0.717) is 4.47 Å². The maximum Gasteiger partial charge on any atom is 0.137 e. The lowest BCUT2D eigenvalue weighted by Crippen LogP contribution is -2.51. The quantitative estimate of drug-likeness (QED) is 0.840. The van der Waals surface area contributed by atoms with Crippen molar-refractivity contribution in [3.05, 3.63) is 34.1 Å². The molecule has 0 bridgehead atoms. The molecular formula is C16H23BrFNO. The summed E-state index contributed by atoms with van der Waals surface area (Å²) in [5, 5.41) is 3.42. The average molecular weight is 344 g/mol. The molecule has 1 aromatic carbocycles. The highest BCUT2D eigenvalue weighted by molar-refractivity contribution is 9.10. The second-order valence-electron chi connectivity index (χ2n) is 5.50. The van der Waals surface area contributed by atoms with Crippen molar-refractivity contribution >= 4 is 15.9 Å². The first-order chi connectivity index (χ1) is 9.61. The number of hydrogen-bond donors (Lipinski definition) is 1. The topological polar surface area (TPSA) is 21.3 Å². The van der Waals surface area contributed by atoms with Crippen molar-refractivity contribution in [2.24, 2.45) is 0 Å². The van der Waals surface area contributed by atoms with Gasteiger partial charge < -0.3 is 10.1 Å². The molecule has 0 aliphatic heterocycles. The molecule has 2 nitrogen and oxygen atoms in total. The van der Waals surface area contributed by atoms with E-state index in [1.807, 2.05) is 19.2 Å². The SMILES string of the molecule is CCOC1(C(Cc2ccc(F)c(Br)c2)NC)CCCC1. The highest BCUT2D eigenvalue weighted by Crippen LogP contribution is 2.37. The minimum absolute atomic E-state index is 0.0651. The number of nitrogens with one attached hydrogen (secondary N) is 1. The smallest absolute Gasteiger partial charge is 0.137 e. The van der Waals surface area contributed by atoms with Gasteiger partial charge in [-0.05, 0) is 66.9 Å². The summed E-state index contributed by atoms with van der Waals surface area (Å²) in [6, 6.07) is 5.52. The maximum absolute atomic E-state index is 13.3. The number of ether oxygens (including phenoxy) is 1. The Morgan fingerprint density at radius 3 is 2.65 bits per heavy atom. The van der Waals surface area contributed by atoms with Gasteiger partial charge in [-0.1, -0.05) is 18.9 Å². The van der Waals surface area contributed by atoms with E-state index in [1.54, 1.807) is 0 Å². The van der Waals surface area contributed by atoms with Crippen molar-refractivity contribution < 1.29 is 9.13 Å². The average Bonchev–Trinajstić information content (AvgIpc) is 2.90. The lowest BCUT2D eigenvalue weighted by atomic mass is 9.87. The summed E-state index contributed by atoms with van der Waals surface area (Å²) in [4.78, 5) is 0. The summed E-state index contributed by atoms with van der Waals surface area (Å²) in [6.07, 6.45) is 5.52. The largest absolute Gasteiger partial charge is 0.374 e. The molecule has 0 saturated heterocycles. The van der Waals surface area contributed by atoms with E-state index in [1.165, 1.54) is 18.9 Å². The predicted octanol–water partition coefficient (Wildman–Crippen LogP) is 4.07. The molecule has 0 amide bonds. The van der Waals surface area contributed by atoms with Crippen LogP contribution >= 0.6 is 15.9 Å². The minimum Gasteiger partial charge on any atom is -0.374 e. The van der Waals surface area contributed by atoms with Gasteiger partial charge in [-0.3, -0.25) is 0 Å². The zero-order valence-corrected chi connectivity index (χ0v) is 13.8. The number of rotatable bonds is 6. The van der Waals surface area contributed by atoms with Gasteiger partial charge in [-0.25, -0.2) is 4.39 Å². The van der Waals surface area contributed by atoms with E-state index in [-0.39, 0.29) is 17.5 Å². The summed E-state index contributed by atoms with van der Waals surface area (Å²) in [6.45, 7) is 2.80. The van der Waals surface area contributed by atoms with Crippen molar-refractivity contribution in [1.82, 2.24) is 5.32 Å². The molecule has 1 aliphatic rings. The van der Waals surface area contributed by atoms with Gasteiger partial charge in [0.15, 0.2) is 0 Å². The number of halogens is 2. The fraction of sp³-hybridized carbons (Fsp3) is 0.625. The van der Waals surface area contributed by atoms with Crippen LogP contribution in [-0.4, -0.2) is 25.3 Å². The first-order valence-electron chi connectivity index (χ1n) is 7.36. The van der Waals surface area contributed by atoms with Gasteiger partial charge in [-0.2, -0.15) is 0 Å². The standard InChI is InChI=1S/C16H23BrFNO/c1-3-20-16(8-4-5-9-16)15(19-2)11-12-6-7-14(18)13(17)10-12/h6-7,10,15,19H,3-5,8-9,11H2,1-2H3. The molecule has 0 radical (unpaired) electrons. The highest BCUT2D eigenvalue weighted by Gasteiger charge is 2.41. The van der Waals surface area contributed by atoms with Crippen molar-refractivity contribution in [3.63, 3.8) is 0 Å². The van der Waals surface area contributed by atoms with Gasteiger partial charge in [0.05, 0.1) is 10.1 Å². The molecule has 1 unspecified atom stereocenters. The third-order valence-corrected chi connectivity index (χ3v) is 4.90. The molecule has 1 aromatic rings. The van der Waals surface area contributed by atoms with Crippen molar-refractivity contribution in [2.75, 3.05) is 13.7 Å². The molecular weight excluding hydrogens is 321 g/mol. The molecule has 1 N–H and O–H groups in total. The zero-order valence-electron chi connectivity index (χ0n) is 12.2. The molecule has 1 fully saturated rings. The predicted molar refractivity (Wildman–Crippen MR) is 83.5 cm³/mol. The summed E-state index contributed by atoms with van der Waals surface area (Å²) >= 11 is 3.26. The Labute approximate surface area is 129 Å². The van der Waals surface area contributed by atoms with Crippen LogP contribution in [0.3, 0.4) is 0 Å². The molecule has 1 atom stereocenters. The normalized spacial score (nSPS) is 19.2. The number of hydrogen-bond acceptors (Lipinski definition) is 2. The Morgan fingerprint density at radius 2 is 2.10 bits per heavy atom. The molecule has 0 heterocycles. The maximum atomic E-state index is 13.3. The zero-order chi connectivity index (χ0) is 14.6. The molecule has 0 aromatic heterocycles. The van der Waals surface area contributed by atoms with Crippen LogP contribution in [0.2, 0.25) is 0 Å². The molecule has 2 rings (SSSR count). The minimum atomic E-state index is -0.213. The van der Waals surface area contributed by atoms with Crippen molar-refractivity contribution in [1.29, 1.82) is 0 Å². The lowest BCUT2D eigenvalue weighted by Gasteiger charge is -2.37. The Bertz CT molecular complexity index is 446. The van der Waals surface area contributed by atoms with Crippen LogP contribution in [0.15, 0.2) is 22.7 Å². The second kappa shape index (κ2) is 7.01. The van der Waals surface area contributed by atoms with E-state index in [9.17, 15) is 4.39 Å². The van der Waals surface area contributed by atoms with Crippen LogP contribution in [0.5, 0.6) is 0 Å². The summed E-state index contributed by atoms with van der Waals surface area (Å²) in [5.74, 6) is -0.213.